The zero-order valence-corrected chi connectivity index (χ0v) is 10.6. The van der Waals surface area contributed by atoms with Crippen LogP contribution in [0.2, 0.25) is 0 Å². The minimum atomic E-state index is -2.84. The standard InChI is InChI=1S/C12H18F2N2O/c1-8-5-10(9(2)15-4)6-16-11(8)17-7-12(3,13)14/h5-6,9,15H,7H2,1-4H3. The van der Waals surface area contributed by atoms with Gasteiger partial charge >= 0.3 is 0 Å². The Bertz CT molecular complexity index is 377. The fraction of sp³-hybridized carbons (Fsp3) is 0.583. The lowest BCUT2D eigenvalue weighted by Crippen LogP contribution is -2.21. The lowest BCUT2D eigenvalue weighted by Gasteiger charge is -2.15. The average Bonchev–Trinajstić information content (AvgIpc) is 2.25. The summed E-state index contributed by atoms with van der Waals surface area (Å²) >= 11 is 0. The van der Waals surface area contributed by atoms with E-state index in [0.717, 1.165) is 18.1 Å². The van der Waals surface area contributed by atoms with Crippen LogP contribution in [0.1, 0.15) is 31.0 Å². The van der Waals surface area contributed by atoms with Crippen molar-refractivity contribution in [2.24, 2.45) is 0 Å². The number of nitrogens with one attached hydrogen (secondary N) is 1. The molecule has 0 saturated heterocycles. The van der Waals surface area contributed by atoms with Crippen LogP contribution < -0.4 is 10.1 Å². The van der Waals surface area contributed by atoms with Crippen molar-refractivity contribution in [3.8, 4) is 5.88 Å². The van der Waals surface area contributed by atoms with Gasteiger partial charge in [0.25, 0.3) is 5.92 Å². The summed E-state index contributed by atoms with van der Waals surface area (Å²) in [6.45, 7) is 3.96. The number of ether oxygens (including phenoxy) is 1. The molecule has 0 fully saturated rings. The number of aromatic nitrogens is 1. The monoisotopic (exact) mass is 244 g/mol. The van der Waals surface area contributed by atoms with Gasteiger partial charge in [0.15, 0.2) is 6.61 Å². The molecule has 1 aromatic rings. The minimum absolute atomic E-state index is 0.169. The summed E-state index contributed by atoms with van der Waals surface area (Å²) in [6, 6.07) is 2.06. The molecule has 5 heteroatoms. The summed E-state index contributed by atoms with van der Waals surface area (Å²) in [5.74, 6) is -2.58. The van der Waals surface area contributed by atoms with Gasteiger partial charge in [0.05, 0.1) is 0 Å². The summed E-state index contributed by atoms with van der Waals surface area (Å²) in [4.78, 5) is 4.05. The topological polar surface area (TPSA) is 34.2 Å². The van der Waals surface area contributed by atoms with Crippen molar-refractivity contribution in [2.45, 2.75) is 32.7 Å². The van der Waals surface area contributed by atoms with E-state index in [1.54, 1.807) is 13.1 Å². The van der Waals surface area contributed by atoms with Crippen molar-refractivity contribution in [3.63, 3.8) is 0 Å². The first-order chi connectivity index (χ1) is 7.83. The average molecular weight is 244 g/mol. The summed E-state index contributed by atoms with van der Waals surface area (Å²) < 4.78 is 30.3. The smallest absolute Gasteiger partial charge is 0.278 e. The molecule has 0 spiro atoms. The summed E-state index contributed by atoms with van der Waals surface area (Å²) in [7, 11) is 1.85. The van der Waals surface area contributed by atoms with Gasteiger partial charge in [-0.15, -0.1) is 0 Å². The van der Waals surface area contributed by atoms with E-state index in [1.165, 1.54) is 0 Å². The number of nitrogens with zero attached hydrogens (tertiary/aromatic N) is 1. The summed E-state index contributed by atoms with van der Waals surface area (Å²) in [6.07, 6.45) is 1.64. The maximum absolute atomic E-state index is 12.6. The molecule has 0 amide bonds. The molecule has 1 rings (SSSR count). The van der Waals surface area contributed by atoms with Gasteiger partial charge in [0, 0.05) is 24.7 Å². The Morgan fingerprint density at radius 2 is 2.18 bits per heavy atom. The Morgan fingerprint density at radius 3 is 2.65 bits per heavy atom. The predicted molar refractivity (Wildman–Crippen MR) is 62.6 cm³/mol. The zero-order chi connectivity index (χ0) is 13.1. The van der Waals surface area contributed by atoms with Crippen LogP contribution in [0.3, 0.4) is 0 Å². The SMILES string of the molecule is CNC(C)c1cnc(OCC(C)(F)F)c(C)c1. The molecule has 1 atom stereocenters. The van der Waals surface area contributed by atoms with Crippen LogP contribution >= 0.6 is 0 Å². The third-order valence-corrected chi connectivity index (χ3v) is 2.45. The number of halogens is 2. The van der Waals surface area contributed by atoms with Gasteiger partial charge in [-0.05, 0) is 32.5 Å². The molecule has 1 heterocycles. The van der Waals surface area contributed by atoms with Crippen LogP contribution in [0.5, 0.6) is 5.88 Å². The highest BCUT2D eigenvalue weighted by Gasteiger charge is 2.22. The zero-order valence-electron chi connectivity index (χ0n) is 10.6. The Morgan fingerprint density at radius 1 is 1.53 bits per heavy atom. The molecule has 3 nitrogen and oxygen atoms in total. The van der Waals surface area contributed by atoms with E-state index >= 15 is 0 Å². The van der Waals surface area contributed by atoms with E-state index < -0.39 is 12.5 Å². The third-order valence-electron chi connectivity index (χ3n) is 2.45. The second-order valence-electron chi connectivity index (χ2n) is 4.26. The van der Waals surface area contributed by atoms with Crippen molar-refractivity contribution in [3.05, 3.63) is 23.4 Å². The highest BCUT2D eigenvalue weighted by Crippen LogP contribution is 2.21. The Balaban J connectivity index is 2.76. The number of aryl methyl sites for hydroxylation is 1. The Kier molecular flexibility index (Phi) is 4.40. The maximum atomic E-state index is 12.6. The lowest BCUT2D eigenvalue weighted by atomic mass is 10.1. The van der Waals surface area contributed by atoms with E-state index in [2.05, 4.69) is 10.3 Å². The largest absolute Gasteiger partial charge is 0.471 e. The molecule has 96 valence electrons. The van der Waals surface area contributed by atoms with Crippen LogP contribution in [0.25, 0.3) is 0 Å². The molecular weight excluding hydrogens is 226 g/mol. The maximum Gasteiger partial charge on any atom is 0.278 e. The molecule has 1 N–H and O–H groups in total. The van der Waals surface area contributed by atoms with Gasteiger partial charge in [-0.3, -0.25) is 0 Å². The third kappa shape index (κ3) is 4.26. The number of hydrogen-bond donors (Lipinski definition) is 1. The molecule has 0 aromatic carbocycles. The van der Waals surface area contributed by atoms with Crippen LogP contribution in [0.15, 0.2) is 12.3 Å². The van der Waals surface area contributed by atoms with Crippen molar-refractivity contribution < 1.29 is 13.5 Å². The normalized spacial score (nSPS) is 13.5. The molecule has 0 aliphatic carbocycles. The molecule has 0 aliphatic heterocycles. The van der Waals surface area contributed by atoms with Gasteiger partial charge in [-0.25, -0.2) is 13.8 Å². The van der Waals surface area contributed by atoms with Crippen LogP contribution in [0.4, 0.5) is 8.78 Å². The summed E-state index contributed by atoms with van der Waals surface area (Å²) in [5, 5.41) is 3.08. The quantitative estimate of drug-likeness (QED) is 0.864. The molecule has 0 saturated carbocycles. The van der Waals surface area contributed by atoms with Gasteiger partial charge in [0.2, 0.25) is 5.88 Å². The van der Waals surface area contributed by atoms with Crippen LogP contribution in [-0.4, -0.2) is 24.6 Å². The second kappa shape index (κ2) is 5.40. The Hall–Kier alpha value is -1.23. The fourth-order valence-electron chi connectivity index (χ4n) is 1.33. The molecule has 0 aliphatic rings. The van der Waals surface area contributed by atoms with Gasteiger partial charge in [-0.2, -0.15) is 0 Å². The number of alkyl halides is 2. The number of pyridine rings is 1. The van der Waals surface area contributed by atoms with Crippen LogP contribution in [-0.2, 0) is 0 Å². The fourth-order valence-corrected chi connectivity index (χ4v) is 1.33. The second-order valence-corrected chi connectivity index (χ2v) is 4.26. The molecular formula is C12H18F2N2O. The van der Waals surface area contributed by atoms with Crippen molar-refractivity contribution in [1.82, 2.24) is 10.3 Å². The van der Waals surface area contributed by atoms with Crippen molar-refractivity contribution in [2.75, 3.05) is 13.7 Å². The highest BCUT2D eigenvalue weighted by molar-refractivity contribution is 5.30. The first kappa shape index (κ1) is 13.8. The molecule has 17 heavy (non-hydrogen) atoms. The minimum Gasteiger partial charge on any atom is -0.471 e. The molecule has 0 radical (unpaired) electrons. The van der Waals surface area contributed by atoms with E-state index in [1.807, 2.05) is 20.0 Å². The van der Waals surface area contributed by atoms with E-state index in [9.17, 15) is 8.78 Å². The Labute approximate surface area is 100 Å². The first-order valence-corrected chi connectivity index (χ1v) is 5.48. The van der Waals surface area contributed by atoms with E-state index in [-0.39, 0.29) is 11.9 Å². The van der Waals surface area contributed by atoms with Gasteiger partial charge in [0.1, 0.15) is 0 Å². The molecule has 0 bridgehead atoms. The molecule has 1 aromatic heterocycles. The first-order valence-electron chi connectivity index (χ1n) is 5.48. The number of hydrogen-bond acceptors (Lipinski definition) is 3. The van der Waals surface area contributed by atoms with E-state index in [0.29, 0.717) is 0 Å². The van der Waals surface area contributed by atoms with Crippen molar-refractivity contribution >= 4 is 0 Å². The number of rotatable bonds is 5. The molecule has 1 unspecified atom stereocenters. The highest BCUT2D eigenvalue weighted by atomic mass is 19.3. The van der Waals surface area contributed by atoms with Crippen molar-refractivity contribution in [1.29, 1.82) is 0 Å². The van der Waals surface area contributed by atoms with Gasteiger partial charge < -0.3 is 10.1 Å². The lowest BCUT2D eigenvalue weighted by molar-refractivity contribution is -0.0244. The van der Waals surface area contributed by atoms with Crippen LogP contribution in [0, 0.1) is 6.92 Å². The van der Waals surface area contributed by atoms with E-state index in [4.69, 9.17) is 4.74 Å². The van der Waals surface area contributed by atoms with Gasteiger partial charge in [-0.1, -0.05) is 0 Å². The predicted octanol–water partition coefficient (Wildman–Crippen LogP) is 2.70. The summed E-state index contributed by atoms with van der Waals surface area (Å²) in [5.41, 5.74) is 1.76.